The van der Waals surface area contributed by atoms with Crippen LogP contribution in [0.25, 0.3) is 12.2 Å². The van der Waals surface area contributed by atoms with Gasteiger partial charge >= 0.3 is 0 Å². The topological polar surface area (TPSA) is 0 Å². The maximum absolute atomic E-state index is 2.39. The smallest absolute Gasteiger partial charge is 0.0238 e. The molecule has 1 aromatic carbocycles. The minimum absolute atomic E-state index is 1.25. The average molecular weight is 156 g/mol. The van der Waals surface area contributed by atoms with Crippen molar-refractivity contribution >= 4 is 12.2 Å². The molecule has 0 atom stereocenters. The van der Waals surface area contributed by atoms with Crippen molar-refractivity contribution in [2.45, 2.75) is 25.7 Å². The van der Waals surface area contributed by atoms with Crippen LogP contribution in [-0.2, 0) is 12.8 Å². The van der Waals surface area contributed by atoms with Crippen LogP contribution in [0.4, 0.5) is 0 Å². The van der Waals surface area contributed by atoms with Crippen molar-refractivity contribution < 1.29 is 0 Å². The van der Waals surface area contributed by atoms with Gasteiger partial charge in [0.05, 0.1) is 0 Å². The molecule has 2 aliphatic rings. The number of hydrogen-bond acceptors (Lipinski definition) is 0. The van der Waals surface area contributed by atoms with Crippen molar-refractivity contribution in [1.29, 1.82) is 0 Å². The van der Waals surface area contributed by atoms with E-state index < -0.39 is 0 Å². The lowest BCUT2D eigenvalue weighted by molar-refractivity contribution is 1.05. The summed E-state index contributed by atoms with van der Waals surface area (Å²) >= 11 is 0. The first-order chi connectivity index (χ1) is 5.93. The number of aryl methyl sites for hydroxylation is 2. The van der Waals surface area contributed by atoms with Gasteiger partial charge in [-0.05, 0) is 47.2 Å². The maximum atomic E-state index is 2.39. The van der Waals surface area contributed by atoms with E-state index in [1.807, 2.05) is 0 Å². The summed E-state index contributed by atoms with van der Waals surface area (Å²) in [4.78, 5) is 0. The predicted octanol–water partition coefficient (Wildman–Crippen LogP) is 1.14. The molecule has 3 rings (SSSR count). The van der Waals surface area contributed by atoms with Crippen LogP contribution in [0.3, 0.4) is 0 Å². The summed E-state index contributed by atoms with van der Waals surface area (Å²) in [6, 6.07) is 4.78. The second-order valence-corrected chi connectivity index (χ2v) is 3.74. The molecule has 0 nitrogen and oxygen atoms in total. The molecule has 12 heavy (non-hydrogen) atoms. The van der Waals surface area contributed by atoms with Gasteiger partial charge in [0, 0.05) is 0 Å². The standard InChI is InChI=1S/C12H12/c1-3-9-7-11-5-2-6-12(11)8-10(9)4-1/h3,6-8H,1-2,4-5H2. The summed E-state index contributed by atoms with van der Waals surface area (Å²) in [5.41, 5.74) is 3.12. The van der Waals surface area contributed by atoms with Crippen molar-refractivity contribution in [1.82, 2.24) is 0 Å². The summed E-state index contributed by atoms with van der Waals surface area (Å²) in [7, 11) is 0. The number of rotatable bonds is 0. The summed E-state index contributed by atoms with van der Waals surface area (Å²) < 4.78 is 0. The highest BCUT2D eigenvalue weighted by molar-refractivity contribution is 5.45. The summed E-state index contributed by atoms with van der Waals surface area (Å²) in [5, 5.41) is 3.01. The van der Waals surface area contributed by atoms with Gasteiger partial charge in [-0.3, -0.25) is 0 Å². The molecule has 0 unspecified atom stereocenters. The van der Waals surface area contributed by atoms with E-state index in [1.165, 1.54) is 36.1 Å². The van der Waals surface area contributed by atoms with Gasteiger partial charge in [-0.1, -0.05) is 24.3 Å². The van der Waals surface area contributed by atoms with Gasteiger partial charge in [0.25, 0.3) is 0 Å². The molecule has 0 aromatic heterocycles. The Labute approximate surface area is 72.2 Å². The molecule has 0 radical (unpaired) electrons. The normalized spacial score (nSPS) is 18.0. The fourth-order valence-corrected chi connectivity index (χ4v) is 2.31. The molecule has 0 spiro atoms. The third-order valence-electron chi connectivity index (χ3n) is 2.96. The fourth-order valence-electron chi connectivity index (χ4n) is 2.31. The first-order valence-electron chi connectivity index (χ1n) is 4.76. The molecule has 0 heterocycles. The van der Waals surface area contributed by atoms with Crippen molar-refractivity contribution in [3.05, 3.63) is 33.7 Å². The zero-order valence-electron chi connectivity index (χ0n) is 7.14. The van der Waals surface area contributed by atoms with Gasteiger partial charge in [-0.15, -0.1) is 0 Å². The minimum atomic E-state index is 1.25. The quantitative estimate of drug-likeness (QED) is 0.528. The average Bonchev–Trinajstić information content (AvgIpc) is 2.64. The predicted molar refractivity (Wildman–Crippen MR) is 51.3 cm³/mol. The van der Waals surface area contributed by atoms with Crippen LogP contribution in [0.1, 0.15) is 24.0 Å². The molecule has 60 valence electrons. The van der Waals surface area contributed by atoms with E-state index in [0.29, 0.717) is 0 Å². The highest BCUT2D eigenvalue weighted by Gasteiger charge is 2.07. The fraction of sp³-hybridized carbons (Fsp3) is 0.333. The Morgan fingerprint density at radius 1 is 0.750 bits per heavy atom. The Kier molecular flexibility index (Phi) is 1.20. The zero-order valence-corrected chi connectivity index (χ0v) is 7.14. The lowest BCUT2D eigenvalue weighted by atomic mass is 10.1. The summed E-state index contributed by atoms with van der Waals surface area (Å²) in [5.74, 6) is 0. The molecule has 1 aromatic rings. The van der Waals surface area contributed by atoms with Crippen LogP contribution in [0.2, 0.25) is 0 Å². The third-order valence-corrected chi connectivity index (χ3v) is 2.96. The Morgan fingerprint density at radius 2 is 1.25 bits per heavy atom. The number of hydrogen-bond donors (Lipinski definition) is 0. The van der Waals surface area contributed by atoms with E-state index >= 15 is 0 Å². The monoisotopic (exact) mass is 156 g/mol. The Morgan fingerprint density at radius 3 is 1.75 bits per heavy atom. The van der Waals surface area contributed by atoms with Crippen molar-refractivity contribution in [2.75, 3.05) is 0 Å². The lowest BCUT2D eigenvalue weighted by Gasteiger charge is -1.97. The van der Waals surface area contributed by atoms with Gasteiger partial charge in [-0.2, -0.15) is 0 Å². The largest absolute Gasteiger partial charge is 0.0766 e. The second kappa shape index (κ2) is 2.22. The van der Waals surface area contributed by atoms with Crippen LogP contribution in [0, 0.1) is 0 Å². The van der Waals surface area contributed by atoms with Crippen LogP contribution in [0.15, 0.2) is 12.1 Å². The van der Waals surface area contributed by atoms with Gasteiger partial charge in [0.1, 0.15) is 0 Å². The van der Waals surface area contributed by atoms with Crippen molar-refractivity contribution in [2.24, 2.45) is 0 Å². The SMILES string of the molecule is C1=c2cc3c(cc2CC1)=CCC3. The van der Waals surface area contributed by atoms with Crippen LogP contribution >= 0.6 is 0 Å². The van der Waals surface area contributed by atoms with E-state index in [-0.39, 0.29) is 0 Å². The van der Waals surface area contributed by atoms with Crippen molar-refractivity contribution in [3.63, 3.8) is 0 Å². The summed E-state index contributed by atoms with van der Waals surface area (Å²) in [6.45, 7) is 0. The van der Waals surface area contributed by atoms with Crippen LogP contribution in [-0.4, -0.2) is 0 Å². The van der Waals surface area contributed by atoms with Gasteiger partial charge in [0.15, 0.2) is 0 Å². The highest BCUT2D eigenvalue weighted by atomic mass is 14.1. The molecule has 0 saturated heterocycles. The van der Waals surface area contributed by atoms with Crippen molar-refractivity contribution in [3.8, 4) is 0 Å². The molecular formula is C12H12. The molecular weight excluding hydrogens is 144 g/mol. The second-order valence-electron chi connectivity index (χ2n) is 3.74. The minimum Gasteiger partial charge on any atom is -0.0766 e. The van der Waals surface area contributed by atoms with Crippen LogP contribution in [0.5, 0.6) is 0 Å². The first kappa shape index (κ1) is 6.47. The van der Waals surface area contributed by atoms with E-state index in [4.69, 9.17) is 0 Å². The van der Waals surface area contributed by atoms with E-state index in [9.17, 15) is 0 Å². The Balaban J connectivity index is 2.40. The van der Waals surface area contributed by atoms with Gasteiger partial charge < -0.3 is 0 Å². The molecule has 0 saturated carbocycles. The highest BCUT2D eigenvalue weighted by Crippen LogP contribution is 2.09. The molecule has 0 N–H and O–H groups in total. The van der Waals surface area contributed by atoms with E-state index in [2.05, 4.69) is 24.3 Å². The summed E-state index contributed by atoms with van der Waals surface area (Å²) in [6.07, 6.45) is 9.76. The van der Waals surface area contributed by atoms with Gasteiger partial charge in [-0.25, -0.2) is 0 Å². The first-order valence-corrected chi connectivity index (χ1v) is 4.76. The van der Waals surface area contributed by atoms with E-state index in [0.717, 1.165) is 0 Å². The third kappa shape index (κ3) is 0.781. The molecule has 0 aliphatic heterocycles. The molecule has 0 fully saturated rings. The molecule has 0 bridgehead atoms. The molecule has 2 aliphatic carbocycles. The Hall–Kier alpha value is -1.04. The molecule has 0 amide bonds. The Bertz CT molecular complexity index is 394. The maximum Gasteiger partial charge on any atom is -0.0238 e. The van der Waals surface area contributed by atoms with Gasteiger partial charge in [0.2, 0.25) is 0 Å². The number of benzene rings is 1. The molecule has 0 heteroatoms. The van der Waals surface area contributed by atoms with E-state index in [1.54, 1.807) is 11.1 Å². The number of fused-ring (bicyclic) bond motifs is 2. The zero-order chi connectivity index (χ0) is 7.97. The van der Waals surface area contributed by atoms with Crippen LogP contribution < -0.4 is 10.4 Å². The lowest BCUT2D eigenvalue weighted by Crippen LogP contribution is -2.14.